The number of rotatable bonds is 5. The topological polar surface area (TPSA) is 55.4 Å². The van der Waals surface area contributed by atoms with Crippen LogP contribution in [0.25, 0.3) is 0 Å². The quantitative estimate of drug-likeness (QED) is 0.756. The van der Waals surface area contributed by atoms with Crippen LogP contribution in [0, 0.1) is 9.39 Å². The molecule has 0 aromatic heterocycles. The predicted octanol–water partition coefficient (Wildman–Crippen LogP) is 2.92. The molecule has 112 valence electrons. The van der Waals surface area contributed by atoms with Crippen LogP contribution in [-0.4, -0.2) is 15.5 Å². The smallest absolute Gasteiger partial charge is 0.240 e. The summed E-state index contributed by atoms with van der Waals surface area (Å²) in [5.74, 6) is 0.213. The Labute approximate surface area is 136 Å². The first kappa shape index (κ1) is 16.2. The molecule has 0 unspecified atom stereocenters. The zero-order valence-electron chi connectivity index (χ0n) is 11.1. The molecule has 0 radical (unpaired) electrons. The van der Waals surface area contributed by atoms with Gasteiger partial charge in [-0.1, -0.05) is 12.1 Å². The minimum atomic E-state index is -3.65. The Morgan fingerprint density at radius 3 is 2.62 bits per heavy atom. The van der Waals surface area contributed by atoms with E-state index in [0.29, 0.717) is 14.9 Å². The molecule has 0 aliphatic rings. The molecule has 0 spiro atoms. The van der Waals surface area contributed by atoms with E-state index in [1.165, 1.54) is 37.4 Å². The van der Waals surface area contributed by atoms with Crippen LogP contribution in [0.5, 0.6) is 5.75 Å². The minimum absolute atomic E-state index is 0.0305. The molecule has 0 aliphatic heterocycles. The lowest BCUT2D eigenvalue weighted by atomic mass is 10.2. The molecule has 0 saturated carbocycles. The Morgan fingerprint density at radius 1 is 1.24 bits per heavy atom. The van der Waals surface area contributed by atoms with Gasteiger partial charge in [0.15, 0.2) is 0 Å². The number of nitrogens with one attached hydrogen (secondary N) is 1. The van der Waals surface area contributed by atoms with Crippen LogP contribution < -0.4 is 9.46 Å². The van der Waals surface area contributed by atoms with Crippen LogP contribution in [0.1, 0.15) is 5.56 Å². The van der Waals surface area contributed by atoms with Crippen molar-refractivity contribution in [2.75, 3.05) is 7.11 Å². The molecule has 0 fully saturated rings. The molecule has 2 rings (SSSR count). The summed E-state index contributed by atoms with van der Waals surface area (Å²) in [4.78, 5) is 0.143. The summed E-state index contributed by atoms with van der Waals surface area (Å²) >= 11 is 2.00. The van der Waals surface area contributed by atoms with Gasteiger partial charge in [-0.05, 0) is 58.5 Å². The van der Waals surface area contributed by atoms with Gasteiger partial charge in [-0.25, -0.2) is 17.5 Å². The summed E-state index contributed by atoms with van der Waals surface area (Å²) in [6.45, 7) is 0.0305. The molecule has 0 aliphatic carbocycles. The summed E-state index contributed by atoms with van der Waals surface area (Å²) in [6, 6.07) is 10.4. The van der Waals surface area contributed by atoms with Crippen molar-refractivity contribution in [3.05, 3.63) is 57.4 Å². The van der Waals surface area contributed by atoms with Gasteiger partial charge in [0.25, 0.3) is 0 Å². The van der Waals surface area contributed by atoms with E-state index in [9.17, 15) is 12.8 Å². The second-order valence-corrected chi connectivity index (χ2v) is 7.18. The van der Waals surface area contributed by atoms with Crippen LogP contribution in [0.4, 0.5) is 4.39 Å². The number of hydrogen-bond donors (Lipinski definition) is 1. The van der Waals surface area contributed by atoms with Gasteiger partial charge in [-0.2, -0.15) is 0 Å². The van der Waals surface area contributed by atoms with Gasteiger partial charge in [-0.15, -0.1) is 0 Å². The van der Waals surface area contributed by atoms with Gasteiger partial charge in [0.1, 0.15) is 11.6 Å². The van der Waals surface area contributed by atoms with E-state index in [-0.39, 0.29) is 11.4 Å². The summed E-state index contributed by atoms with van der Waals surface area (Å²) in [6.07, 6.45) is 0. The average molecular weight is 421 g/mol. The number of sulfonamides is 1. The van der Waals surface area contributed by atoms with Gasteiger partial charge in [0.2, 0.25) is 10.0 Å². The SMILES string of the molecule is COc1ccc(S(=O)(=O)NCc2cccc(F)c2)cc1I. The predicted molar refractivity (Wildman–Crippen MR) is 86.1 cm³/mol. The van der Waals surface area contributed by atoms with E-state index in [2.05, 4.69) is 4.72 Å². The lowest BCUT2D eigenvalue weighted by Crippen LogP contribution is -2.23. The van der Waals surface area contributed by atoms with Crippen molar-refractivity contribution in [1.82, 2.24) is 4.72 Å². The first-order chi connectivity index (χ1) is 9.92. The molecule has 7 heteroatoms. The van der Waals surface area contributed by atoms with Crippen molar-refractivity contribution in [2.45, 2.75) is 11.4 Å². The molecule has 0 amide bonds. The fraction of sp³-hybridized carbons (Fsp3) is 0.143. The molecular weight excluding hydrogens is 408 g/mol. The molecule has 21 heavy (non-hydrogen) atoms. The third-order valence-electron chi connectivity index (χ3n) is 2.79. The Bertz CT molecular complexity index is 750. The molecule has 0 bridgehead atoms. The maximum Gasteiger partial charge on any atom is 0.240 e. The number of ether oxygens (including phenoxy) is 1. The monoisotopic (exact) mass is 421 g/mol. The normalized spacial score (nSPS) is 11.4. The Balaban J connectivity index is 2.17. The third kappa shape index (κ3) is 4.14. The van der Waals surface area contributed by atoms with Crippen molar-refractivity contribution in [3.63, 3.8) is 0 Å². The number of benzene rings is 2. The molecule has 0 saturated heterocycles. The molecule has 2 aromatic carbocycles. The van der Waals surface area contributed by atoms with Crippen LogP contribution in [0.3, 0.4) is 0 Å². The zero-order chi connectivity index (χ0) is 15.5. The standard InChI is InChI=1S/C14H13FINO3S/c1-20-14-6-5-12(8-13(14)16)21(18,19)17-9-10-3-2-4-11(15)7-10/h2-8,17H,9H2,1H3. The van der Waals surface area contributed by atoms with E-state index in [1.807, 2.05) is 22.6 Å². The van der Waals surface area contributed by atoms with E-state index < -0.39 is 15.8 Å². The van der Waals surface area contributed by atoms with Gasteiger partial charge < -0.3 is 4.74 Å². The van der Waals surface area contributed by atoms with E-state index >= 15 is 0 Å². The van der Waals surface area contributed by atoms with Crippen molar-refractivity contribution >= 4 is 32.6 Å². The van der Waals surface area contributed by atoms with Gasteiger partial charge >= 0.3 is 0 Å². The fourth-order valence-electron chi connectivity index (χ4n) is 1.72. The number of methoxy groups -OCH3 is 1. The molecule has 0 atom stereocenters. The molecule has 1 N–H and O–H groups in total. The number of hydrogen-bond acceptors (Lipinski definition) is 3. The van der Waals surface area contributed by atoms with Crippen LogP contribution in [0.15, 0.2) is 47.4 Å². The van der Waals surface area contributed by atoms with Crippen molar-refractivity contribution in [1.29, 1.82) is 0 Å². The Hall–Kier alpha value is -1.19. The fourth-order valence-corrected chi connectivity index (χ4v) is 3.71. The maximum absolute atomic E-state index is 13.1. The highest BCUT2D eigenvalue weighted by atomic mass is 127. The molecular formula is C14H13FINO3S. The third-order valence-corrected chi connectivity index (χ3v) is 5.03. The zero-order valence-corrected chi connectivity index (χ0v) is 14.1. The van der Waals surface area contributed by atoms with Gasteiger partial charge in [0.05, 0.1) is 15.6 Å². The van der Waals surface area contributed by atoms with Crippen LogP contribution in [0.2, 0.25) is 0 Å². The summed E-state index contributed by atoms with van der Waals surface area (Å²) in [5.41, 5.74) is 0.557. The summed E-state index contributed by atoms with van der Waals surface area (Å²) < 4.78 is 45.7. The largest absolute Gasteiger partial charge is 0.496 e. The highest BCUT2D eigenvalue weighted by Gasteiger charge is 2.15. The lowest BCUT2D eigenvalue weighted by Gasteiger charge is -2.09. The lowest BCUT2D eigenvalue weighted by molar-refractivity contribution is 0.411. The summed E-state index contributed by atoms with van der Waals surface area (Å²) in [5, 5.41) is 0. The van der Waals surface area contributed by atoms with Crippen LogP contribution in [-0.2, 0) is 16.6 Å². The minimum Gasteiger partial charge on any atom is -0.496 e. The van der Waals surface area contributed by atoms with Crippen molar-refractivity contribution < 1.29 is 17.5 Å². The first-order valence-corrected chi connectivity index (χ1v) is 8.56. The van der Waals surface area contributed by atoms with Crippen LogP contribution >= 0.6 is 22.6 Å². The highest BCUT2D eigenvalue weighted by molar-refractivity contribution is 14.1. The van der Waals surface area contributed by atoms with E-state index in [4.69, 9.17) is 4.74 Å². The molecule has 0 heterocycles. The maximum atomic E-state index is 13.1. The molecule has 2 aromatic rings. The second-order valence-electron chi connectivity index (χ2n) is 4.25. The number of halogens is 2. The Morgan fingerprint density at radius 2 is 2.00 bits per heavy atom. The van der Waals surface area contributed by atoms with E-state index in [0.717, 1.165) is 0 Å². The molecule has 4 nitrogen and oxygen atoms in total. The first-order valence-electron chi connectivity index (χ1n) is 6.00. The van der Waals surface area contributed by atoms with Gasteiger partial charge in [0, 0.05) is 6.54 Å². The van der Waals surface area contributed by atoms with E-state index in [1.54, 1.807) is 12.1 Å². The van der Waals surface area contributed by atoms with Crippen molar-refractivity contribution in [2.24, 2.45) is 0 Å². The summed E-state index contributed by atoms with van der Waals surface area (Å²) in [7, 11) is -2.13. The second kappa shape index (κ2) is 6.71. The van der Waals surface area contributed by atoms with Gasteiger partial charge in [-0.3, -0.25) is 0 Å². The average Bonchev–Trinajstić information content (AvgIpc) is 2.45. The Kier molecular flexibility index (Phi) is 5.17. The van der Waals surface area contributed by atoms with Crippen molar-refractivity contribution in [3.8, 4) is 5.75 Å². The highest BCUT2D eigenvalue weighted by Crippen LogP contribution is 2.23.